The van der Waals surface area contributed by atoms with E-state index >= 15 is 0 Å². The second kappa shape index (κ2) is 5.14. The van der Waals surface area contributed by atoms with Gasteiger partial charge in [0.2, 0.25) is 0 Å². The normalized spacial score (nSPS) is 22.6. The smallest absolute Gasteiger partial charge is 0.326 e. The zero-order valence-corrected chi connectivity index (χ0v) is 10.5. The molecule has 1 aliphatic heterocycles. The fourth-order valence-corrected chi connectivity index (χ4v) is 2.30. The van der Waals surface area contributed by atoms with Crippen molar-refractivity contribution >= 4 is 23.5 Å². The zero-order valence-electron chi connectivity index (χ0n) is 9.72. The molecule has 2 N–H and O–H groups in total. The number of nitrogens with zero attached hydrogens (tertiary/aromatic N) is 1. The van der Waals surface area contributed by atoms with Gasteiger partial charge in [-0.3, -0.25) is 4.79 Å². The Labute approximate surface area is 113 Å². The van der Waals surface area contributed by atoms with Crippen molar-refractivity contribution in [3.8, 4) is 0 Å². The first kappa shape index (κ1) is 13.8. The molecule has 7 heteroatoms. The Kier molecular flexibility index (Phi) is 3.73. The SMILES string of the molecule is O=C(O)[C@@H]1C[C@@H](O)CN1C(=O)c1cccc(F)c1Cl. The number of rotatable bonds is 2. The minimum Gasteiger partial charge on any atom is -0.480 e. The lowest BCUT2D eigenvalue weighted by molar-refractivity contribution is -0.141. The van der Waals surface area contributed by atoms with Crippen molar-refractivity contribution in [2.24, 2.45) is 0 Å². The van der Waals surface area contributed by atoms with Gasteiger partial charge >= 0.3 is 5.97 Å². The largest absolute Gasteiger partial charge is 0.480 e. The van der Waals surface area contributed by atoms with Crippen molar-refractivity contribution in [1.29, 1.82) is 0 Å². The third kappa shape index (κ3) is 2.54. The summed E-state index contributed by atoms with van der Waals surface area (Å²) in [6, 6.07) is 2.61. The monoisotopic (exact) mass is 287 g/mol. The summed E-state index contributed by atoms with van der Waals surface area (Å²) in [5.41, 5.74) is -0.109. The van der Waals surface area contributed by atoms with E-state index in [1.807, 2.05) is 0 Å². The van der Waals surface area contributed by atoms with E-state index in [-0.39, 0.29) is 23.6 Å². The molecular formula is C12H11ClFNO4. The van der Waals surface area contributed by atoms with E-state index in [1.165, 1.54) is 12.1 Å². The number of halogens is 2. The highest BCUT2D eigenvalue weighted by Crippen LogP contribution is 2.25. The summed E-state index contributed by atoms with van der Waals surface area (Å²) < 4.78 is 13.3. The summed E-state index contributed by atoms with van der Waals surface area (Å²) >= 11 is 5.70. The predicted octanol–water partition coefficient (Wildman–Crippen LogP) is 1.14. The zero-order chi connectivity index (χ0) is 14.2. The minimum absolute atomic E-state index is 0.0476. The number of likely N-dealkylation sites (tertiary alicyclic amines) is 1. The third-order valence-electron chi connectivity index (χ3n) is 3.01. The van der Waals surface area contributed by atoms with Gasteiger partial charge in [-0.2, -0.15) is 0 Å². The van der Waals surface area contributed by atoms with E-state index in [9.17, 15) is 19.1 Å². The molecule has 5 nitrogen and oxygen atoms in total. The number of amides is 1. The maximum Gasteiger partial charge on any atom is 0.326 e. The van der Waals surface area contributed by atoms with Gasteiger partial charge in [0.25, 0.3) is 5.91 Å². The number of β-amino-alcohol motifs (C(OH)–C–C–N with tert-alkyl or cyclic N) is 1. The van der Waals surface area contributed by atoms with Crippen LogP contribution in [0.2, 0.25) is 5.02 Å². The van der Waals surface area contributed by atoms with Gasteiger partial charge in [0, 0.05) is 13.0 Å². The first-order valence-electron chi connectivity index (χ1n) is 5.57. The van der Waals surface area contributed by atoms with E-state index in [0.29, 0.717) is 0 Å². The Morgan fingerprint density at radius 2 is 2.11 bits per heavy atom. The van der Waals surface area contributed by atoms with Gasteiger partial charge in [0.1, 0.15) is 11.9 Å². The molecular weight excluding hydrogens is 277 g/mol. The summed E-state index contributed by atoms with van der Waals surface area (Å²) in [5.74, 6) is -2.66. The first-order chi connectivity index (χ1) is 8.91. The fraction of sp³-hybridized carbons (Fsp3) is 0.333. The maximum atomic E-state index is 13.3. The molecule has 1 amide bonds. The molecule has 0 radical (unpaired) electrons. The van der Waals surface area contributed by atoms with E-state index in [1.54, 1.807) is 0 Å². The van der Waals surface area contributed by atoms with Crippen molar-refractivity contribution in [1.82, 2.24) is 4.90 Å². The van der Waals surface area contributed by atoms with Crippen LogP contribution in [0.1, 0.15) is 16.8 Å². The van der Waals surface area contributed by atoms with Crippen molar-refractivity contribution in [2.75, 3.05) is 6.54 Å². The molecule has 2 rings (SSSR count). The number of carboxylic acid groups (broad SMARTS) is 1. The summed E-state index contributed by atoms with van der Waals surface area (Å²) in [5, 5.41) is 18.1. The average molecular weight is 288 g/mol. The van der Waals surface area contributed by atoms with Crippen molar-refractivity contribution < 1.29 is 24.2 Å². The molecule has 2 atom stereocenters. The number of aliphatic carboxylic acids is 1. The molecule has 0 bridgehead atoms. The lowest BCUT2D eigenvalue weighted by Gasteiger charge is -2.21. The molecule has 1 heterocycles. The highest BCUT2D eigenvalue weighted by molar-refractivity contribution is 6.34. The average Bonchev–Trinajstić information content (AvgIpc) is 2.74. The standard InChI is InChI=1S/C12H11ClFNO4/c13-10-7(2-1-3-8(10)14)11(17)15-5-6(16)4-9(15)12(18)19/h1-3,6,9,16H,4-5H2,(H,18,19)/t6-,9+/m1/s1. The van der Waals surface area contributed by atoms with Crippen LogP contribution in [0.15, 0.2) is 18.2 Å². The molecule has 1 aromatic carbocycles. The summed E-state index contributed by atoms with van der Waals surface area (Å²) in [7, 11) is 0. The Balaban J connectivity index is 2.33. The van der Waals surface area contributed by atoms with E-state index in [2.05, 4.69) is 0 Å². The molecule has 19 heavy (non-hydrogen) atoms. The van der Waals surface area contributed by atoms with Crippen molar-refractivity contribution in [3.05, 3.63) is 34.6 Å². The molecule has 1 fully saturated rings. The van der Waals surface area contributed by atoms with Crippen LogP contribution in [0.3, 0.4) is 0 Å². The molecule has 1 aromatic rings. The predicted molar refractivity (Wildman–Crippen MR) is 64.5 cm³/mol. The van der Waals surface area contributed by atoms with Gasteiger partial charge in [-0.15, -0.1) is 0 Å². The van der Waals surface area contributed by atoms with Gasteiger partial charge in [-0.1, -0.05) is 17.7 Å². The van der Waals surface area contributed by atoms with Crippen LogP contribution in [-0.4, -0.2) is 45.7 Å². The third-order valence-corrected chi connectivity index (χ3v) is 3.39. The van der Waals surface area contributed by atoms with Crippen LogP contribution in [0, 0.1) is 5.82 Å². The molecule has 0 aliphatic carbocycles. The molecule has 0 unspecified atom stereocenters. The van der Waals surface area contributed by atoms with Crippen molar-refractivity contribution in [2.45, 2.75) is 18.6 Å². The number of hydrogen-bond acceptors (Lipinski definition) is 3. The number of benzene rings is 1. The second-order valence-electron chi connectivity index (χ2n) is 4.30. The van der Waals surface area contributed by atoms with Crippen LogP contribution < -0.4 is 0 Å². The number of carbonyl (C=O) groups is 2. The van der Waals surface area contributed by atoms with Crippen molar-refractivity contribution in [3.63, 3.8) is 0 Å². The van der Waals surface area contributed by atoms with Crippen LogP contribution in [-0.2, 0) is 4.79 Å². The first-order valence-corrected chi connectivity index (χ1v) is 5.95. The maximum absolute atomic E-state index is 13.3. The molecule has 1 saturated heterocycles. The lowest BCUT2D eigenvalue weighted by Crippen LogP contribution is -2.40. The Hall–Kier alpha value is -1.66. The molecule has 1 aliphatic rings. The molecule has 0 saturated carbocycles. The number of aliphatic hydroxyl groups excluding tert-OH is 1. The Morgan fingerprint density at radius 1 is 1.42 bits per heavy atom. The second-order valence-corrected chi connectivity index (χ2v) is 4.68. The molecule has 0 aromatic heterocycles. The van der Waals surface area contributed by atoms with E-state index in [4.69, 9.17) is 16.7 Å². The number of carbonyl (C=O) groups excluding carboxylic acids is 1. The van der Waals surface area contributed by atoms with E-state index < -0.39 is 29.8 Å². The summed E-state index contributed by atoms with van der Waals surface area (Å²) in [6.07, 6.45) is -0.953. The molecule has 0 spiro atoms. The highest BCUT2D eigenvalue weighted by Gasteiger charge is 2.39. The quantitative estimate of drug-likeness (QED) is 0.855. The summed E-state index contributed by atoms with van der Waals surface area (Å²) in [6.45, 7) is -0.108. The van der Waals surface area contributed by atoms with Crippen LogP contribution in [0.25, 0.3) is 0 Å². The van der Waals surface area contributed by atoms with Crippen LogP contribution in [0.4, 0.5) is 4.39 Å². The van der Waals surface area contributed by atoms with Crippen LogP contribution >= 0.6 is 11.6 Å². The van der Waals surface area contributed by atoms with Gasteiger partial charge in [0.15, 0.2) is 0 Å². The fourth-order valence-electron chi connectivity index (χ4n) is 2.10. The lowest BCUT2D eigenvalue weighted by atomic mass is 10.1. The number of aliphatic hydroxyl groups is 1. The Morgan fingerprint density at radius 3 is 2.74 bits per heavy atom. The Bertz CT molecular complexity index is 536. The van der Waals surface area contributed by atoms with Gasteiger partial charge < -0.3 is 15.1 Å². The number of carboxylic acids is 1. The van der Waals surface area contributed by atoms with Gasteiger partial charge in [-0.05, 0) is 12.1 Å². The highest BCUT2D eigenvalue weighted by atomic mass is 35.5. The van der Waals surface area contributed by atoms with Gasteiger partial charge in [-0.25, -0.2) is 9.18 Å². The minimum atomic E-state index is -1.21. The topological polar surface area (TPSA) is 77.8 Å². The van der Waals surface area contributed by atoms with Gasteiger partial charge in [0.05, 0.1) is 16.7 Å². The summed E-state index contributed by atoms with van der Waals surface area (Å²) in [4.78, 5) is 24.2. The number of hydrogen-bond donors (Lipinski definition) is 2. The molecule has 102 valence electrons. The van der Waals surface area contributed by atoms with Crippen LogP contribution in [0.5, 0.6) is 0 Å². The van der Waals surface area contributed by atoms with E-state index in [0.717, 1.165) is 11.0 Å².